The van der Waals surface area contributed by atoms with Gasteiger partial charge in [0.1, 0.15) is 0 Å². The van der Waals surface area contributed by atoms with E-state index < -0.39 is 11.9 Å². The van der Waals surface area contributed by atoms with E-state index in [-0.39, 0.29) is 6.54 Å². The van der Waals surface area contributed by atoms with Crippen molar-refractivity contribution in [2.75, 3.05) is 25.1 Å². The number of imide groups is 1. The third-order valence-electron chi connectivity index (χ3n) is 1.03. The number of nitrogens with one attached hydrogen (secondary N) is 2. The van der Waals surface area contributed by atoms with Gasteiger partial charge in [-0.15, -0.1) is 0 Å². The van der Waals surface area contributed by atoms with Gasteiger partial charge in [0.05, 0.1) is 6.54 Å². The highest BCUT2D eigenvalue weighted by molar-refractivity contribution is 7.98. The molecule has 0 aliphatic heterocycles. The fourth-order valence-corrected chi connectivity index (χ4v) is 0.906. The van der Waals surface area contributed by atoms with Crippen LogP contribution < -0.4 is 16.4 Å². The first-order valence-electron chi connectivity index (χ1n) is 3.45. The summed E-state index contributed by atoms with van der Waals surface area (Å²) >= 11 is 1.68. The molecule has 0 aliphatic carbocycles. The number of amides is 3. The highest BCUT2D eigenvalue weighted by atomic mass is 32.2. The molecule has 0 radical (unpaired) electrons. The molecule has 0 saturated heterocycles. The van der Waals surface area contributed by atoms with Crippen LogP contribution in [-0.4, -0.2) is 37.0 Å². The first-order valence-corrected chi connectivity index (χ1v) is 4.85. The Balaban J connectivity index is 3.26. The minimum absolute atomic E-state index is 0.128. The first kappa shape index (κ1) is 11.2. The standard InChI is InChI=1S/C6H13N3O2S/c1-12-3-2-8-4-5(10)9-6(7)11/h8H,2-4H2,1H3,(H3,7,9,10,11). The number of carbonyl (C=O) groups is 2. The summed E-state index contributed by atoms with van der Waals surface area (Å²) in [7, 11) is 0. The second-order valence-corrected chi connectivity index (χ2v) is 3.07. The van der Waals surface area contributed by atoms with Crippen molar-refractivity contribution in [3.05, 3.63) is 0 Å². The number of carbonyl (C=O) groups excluding carboxylic acids is 2. The minimum Gasteiger partial charge on any atom is -0.351 e. The number of nitrogens with two attached hydrogens (primary N) is 1. The van der Waals surface area contributed by atoms with Crippen molar-refractivity contribution in [2.45, 2.75) is 0 Å². The molecule has 6 heteroatoms. The summed E-state index contributed by atoms with van der Waals surface area (Å²) < 4.78 is 0. The molecule has 0 aromatic carbocycles. The second-order valence-electron chi connectivity index (χ2n) is 2.08. The van der Waals surface area contributed by atoms with Crippen LogP contribution in [0.2, 0.25) is 0 Å². The number of hydrogen-bond acceptors (Lipinski definition) is 4. The third kappa shape index (κ3) is 7.36. The third-order valence-corrected chi connectivity index (χ3v) is 1.64. The Bertz CT molecular complexity index is 163. The Morgan fingerprint density at radius 1 is 1.50 bits per heavy atom. The number of primary amides is 1. The quantitative estimate of drug-likeness (QED) is 0.493. The Kier molecular flexibility index (Phi) is 6.50. The molecule has 0 rings (SSSR count). The molecular formula is C6H13N3O2S. The zero-order valence-electron chi connectivity index (χ0n) is 6.92. The molecule has 0 bridgehead atoms. The van der Waals surface area contributed by atoms with Gasteiger partial charge in [-0.1, -0.05) is 0 Å². The maximum Gasteiger partial charge on any atom is 0.318 e. The van der Waals surface area contributed by atoms with Gasteiger partial charge in [0.25, 0.3) is 0 Å². The maximum atomic E-state index is 10.7. The first-order chi connectivity index (χ1) is 5.66. The summed E-state index contributed by atoms with van der Waals surface area (Å²) in [6.45, 7) is 0.872. The van der Waals surface area contributed by atoms with Crippen molar-refractivity contribution in [3.63, 3.8) is 0 Å². The molecule has 5 nitrogen and oxygen atoms in total. The van der Waals surface area contributed by atoms with Gasteiger partial charge in [-0.25, -0.2) is 4.79 Å². The molecule has 0 spiro atoms. The summed E-state index contributed by atoms with van der Waals surface area (Å²) in [5.41, 5.74) is 4.72. The highest BCUT2D eigenvalue weighted by Gasteiger charge is 2.01. The van der Waals surface area contributed by atoms with Crippen LogP contribution in [0.5, 0.6) is 0 Å². The molecule has 0 fully saturated rings. The molecule has 0 aliphatic rings. The Morgan fingerprint density at radius 2 is 2.17 bits per heavy atom. The van der Waals surface area contributed by atoms with E-state index in [1.54, 1.807) is 11.8 Å². The van der Waals surface area contributed by atoms with Gasteiger partial charge in [0, 0.05) is 12.3 Å². The van der Waals surface area contributed by atoms with E-state index >= 15 is 0 Å². The van der Waals surface area contributed by atoms with Gasteiger partial charge in [-0.05, 0) is 6.26 Å². The summed E-state index contributed by atoms with van der Waals surface area (Å²) in [5.74, 6) is 0.535. The highest BCUT2D eigenvalue weighted by Crippen LogP contribution is 1.86. The smallest absolute Gasteiger partial charge is 0.318 e. The molecular weight excluding hydrogens is 178 g/mol. The lowest BCUT2D eigenvalue weighted by Gasteiger charge is -2.01. The molecule has 12 heavy (non-hydrogen) atoms. The van der Waals surface area contributed by atoms with Gasteiger partial charge in [0.15, 0.2) is 0 Å². The SMILES string of the molecule is CSCCNCC(=O)NC(N)=O. The van der Waals surface area contributed by atoms with Crippen LogP contribution in [0.4, 0.5) is 4.79 Å². The molecule has 70 valence electrons. The zero-order valence-corrected chi connectivity index (χ0v) is 7.74. The molecule has 3 amide bonds. The Hall–Kier alpha value is -0.750. The lowest BCUT2D eigenvalue weighted by Crippen LogP contribution is -2.41. The van der Waals surface area contributed by atoms with E-state index in [0.29, 0.717) is 0 Å². The van der Waals surface area contributed by atoms with E-state index in [0.717, 1.165) is 12.3 Å². The van der Waals surface area contributed by atoms with Gasteiger partial charge < -0.3 is 11.1 Å². The monoisotopic (exact) mass is 191 g/mol. The van der Waals surface area contributed by atoms with Crippen molar-refractivity contribution >= 4 is 23.7 Å². The molecule has 0 unspecified atom stereocenters. The Morgan fingerprint density at radius 3 is 2.67 bits per heavy atom. The fourth-order valence-electron chi connectivity index (χ4n) is 0.558. The molecule has 0 heterocycles. The predicted octanol–water partition coefficient (Wildman–Crippen LogP) is -0.866. The zero-order chi connectivity index (χ0) is 9.40. The van der Waals surface area contributed by atoms with Gasteiger partial charge >= 0.3 is 6.03 Å². The minimum atomic E-state index is -0.813. The number of rotatable bonds is 5. The van der Waals surface area contributed by atoms with Gasteiger partial charge in [-0.2, -0.15) is 11.8 Å². The summed E-state index contributed by atoms with van der Waals surface area (Å²) in [4.78, 5) is 20.9. The average molecular weight is 191 g/mol. The van der Waals surface area contributed by atoms with Crippen LogP contribution in [0, 0.1) is 0 Å². The molecule has 0 atom stereocenters. The summed E-state index contributed by atoms with van der Waals surface area (Å²) in [5, 5.41) is 4.80. The van der Waals surface area contributed by atoms with Crippen molar-refractivity contribution < 1.29 is 9.59 Å². The van der Waals surface area contributed by atoms with Crippen LogP contribution >= 0.6 is 11.8 Å². The van der Waals surface area contributed by atoms with Crippen LogP contribution in [0.1, 0.15) is 0 Å². The normalized spacial score (nSPS) is 9.42. The van der Waals surface area contributed by atoms with Crippen molar-refractivity contribution in [2.24, 2.45) is 5.73 Å². The van der Waals surface area contributed by atoms with E-state index in [1.807, 2.05) is 11.6 Å². The van der Waals surface area contributed by atoms with Crippen molar-refractivity contribution in [1.82, 2.24) is 10.6 Å². The van der Waals surface area contributed by atoms with Crippen LogP contribution in [-0.2, 0) is 4.79 Å². The number of thioether (sulfide) groups is 1. The molecule has 4 N–H and O–H groups in total. The van der Waals surface area contributed by atoms with Crippen molar-refractivity contribution in [3.8, 4) is 0 Å². The largest absolute Gasteiger partial charge is 0.351 e. The predicted molar refractivity (Wildman–Crippen MR) is 49.0 cm³/mol. The Labute approximate surface area is 75.4 Å². The maximum absolute atomic E-state index is 10.7. The lowest BCUT2D eigenvalue weighted by atomic mass is 10.5. The van der Waals surface area contributed by atoms with Crippen LogP contribution in [0.15, 0.2) is 0 Å². The van der Waals surface area contributed by atoms with E-state index in [1.165, 1.54) is 0 Å². The number of hydrogen-bond donors (Lipinski definition) is 3. The number of urea groups is 1. The van der Waals surface area contributed by atoms with Crippen LogP contribution in [0.25, 0.3) is 0 Å². The molecule has 0 aromatic heterocycles. The summed E-state index contributed by atoms with van der Waals surface area (Å²) in [6.07, 6.45) is 1.98. The lowest BCUT2D eigenvalue weighted by molar-refractivity contribution is -0.119. The van der Waals surface area contributed by atoms with E-state index in [9.17, 15) is 9.59 Å². The fraction of sp³-hybridized carbons (Fsp3) is 0.667. The van der Waals surface area contributed by atoms with E-state index in [2.05, 4.69) is 5.32 Å². The van der Waals surface area contributed by atoms with Gasteiger partial charge in [-0.3, -0.25) is 10.1 Å². The van der Waals surface area contributed by atoms with Crippen molar-refractivity contribution in [1.29, 1.82) is 0 Å². The summed E-state index contributed by atoms with van der Waals surface area (Å²) in [6, 6.07) is -0.813. The molecule has 0 saturated carbocycles. The second kappa shape index (κ2) is 6.93. The van der Waals surface area contributed by atoms with Crippen LogP contribution in [0.3, 0.4) is 0 Å². The molecule has 0 aromatic rings. The van der Waals surface area contributed by atoms with E-state index in [4.69, 9.17) is 5.73 Å². The topological polar surface area (TPSA) is 84.2 Å². The average Bonchev–Trinajstić information content (AvgIpc) is 1.97. The van der Waals surface area contributed by atoms with Gasteiger partial charge in [0.2, 0.25) is 5.91 Å².